The molecule has 1 saturated carbocycles. The van der Waals surface area contributed by atoms with Gasteiger partial charge in [-0.3, -0.25) is 9.59 Å². The minimum Gasteiger partial charge on any atom is -0.391 e. The number of rotatable bonds is 5. The summed E-state index contributed by atoms with van der Waals surface area (Å²) in [5, 5.41) is 12.8. The smallest absolute Gasteiger partial charge is 0.247 e. The van der Waals surface area contributed by atoms with Crippen molar-refractivity contribution in [3.63, 3.8) is 0 Å². The van der Waals surface area contributed by atoms with Gasteiger partial charge in [0.1, 0.15) is 6.04 Å². The summed E-state index contributed by atoms with van der Waals surface area (Å²) in [6, 6.07) is 9.36. The Bertz CT molecular complexity index is 638. The first-order chi connectivity index (χ1) is 11.8. The van der Waals surface area contributed by atoms with E-state index in [2.05, 4.69) is 31.3 Å². The average molecular weight is 344 g/mol. The topological polar surface area (TPSA) is 69.6 Å². The standard InChI is InChI=1S/C20H28N2O3/c1-13(23)17(21-18(24)15-9-10-15)19(25)22-11-16(20(2,3)12-22)14-7-5-4-6-8-14/h4-8,13,15-17,23H,9-12H2,1-3H3,(H,21,24)/t13-,16-,17-/m0/s1. The Balaban J connectivity index is 1.73. The van der Waals surface area contributed by atoms with E-state index in [4.69, 9.17) is 0 Å². The summed E-state index contributed by atoms with van der Waals surface area (Å²) in [6.45, 7) is 7.12. The van der Waals surface area contributed by atoms with Gasteiger partial charge in [0.15, 0.2) is 0 Å². The van der Waals surface area contributed by atoms with E-state index in [1.54, 1.807) is 11.8 Å². The molecule has 0 spiro atoms. The van der Waals surface area contributed by atoms with Crippen LogP contribution in [0.25, 0.3) is 0 Å². The molecule has 2 aliphatic rings. The van der Waals surface area contributed by atoms with Crippen molar-refractivity contribution in [2.24, 2.45) is 11.3 Å². The Morgan fingerprint density at radius 1 is 1.24 bits per heavy atom. The number of benzene rings is 1. The first kappa shape index (κ1) is 17.9. The maximum Gasteiger partial charge on any atom is 0.247 e. The molecule has 0 bridgehead atoms. The minimum atomic E-state index is -0.908. The number of aliphatic hydroxyl groups excluding tert-OH is 1. The fourth-order valence-corrected chi connectivity index (χ4v) is 3.75. The average Bonchev–Trinajstić information content (AvgIpc) is 3.36. The number of likely N-dealkylation sites (tertiary alicyclic amines) is 1. The Morgan fingerprint density at radius 3 is 2.44 bits per heavy atom. The SMILES string of the molecule is C[C@H](O)[C@H](NC(=O)C1CC1)C(=O)N1C[C@@H](c2ccccc2)C(C)(C)C1. The van der Waals surface area contributed by atoms with Gasteiger partial charge in [0.2, 0.25) is 11.8 Å². The van der Waals surface area contributed by atoms with E-state index in [1.807, 2.05) is 18.2 Å². The largest absolute Gasteiger partial charge is 0.391 e. The van der Waals surface area contributed by atoms with Crippen LogP contribution in [0.3, 0.4) is 0 Å². The van der Waals surface area contributed by atoms with Crippen LogP contribution in [-0.2, 0) is 9.59 Å². The summed E-state index contributed by atoms with van der Waals surface area (Å²) in [6.07, 6.45) is 0.841. The Morgan fingerprint density at radius 2 is 1.88 bits per heavy atom. The summed E-state index contributed by atoms with van der Waals surface area (Å²) in [5.74, 6) is -0.0413. The first-order valence-corrected chi connectivity index (χ1v) is 9.12. The lowest BCUT2D eigenvalue weighted by atomic mass is 9.78. The third kappa shape index (κ3) is 3.87. The molecule has 5 nitrogen and oxygen atoms in total. The highest BCUT2D eigenvalue weighted by Crippen LogP contribution is 2.42. The molecule has 2 fully saturated rings. The van der Waals surface area contributed by atoms with Gasteiger partial charge >= 0.3 is 0 Å². The first-order valence-electron chi connectivity index (χ1n) is 9.12. The fraction of sp³-hybridized carbons (Fsp3) is 0.600. The fourth-order valence-electron chi connectivity index (χ4n) is 3.75. The van der Waals surface area contributed by atoms with E-state index in [1.165, 1.54) is 5.56 Å². The van der Waals surface area contributed by atoms with Crippen LogP contribution < -0.4 is 5.32 Å². The Hall–Kier alpha value is -1.88. The van der Waals surface area contributed by atoms with Crippen LogP contribution >= 0.6 is 0 Å². The molecule has 1 saturated heterocycles. The van der Waals surface area contributed by atoms with Gasteiger partial charge in [0.25, 0.3) is 0 Å². The van der Waals surface area contributed by atoms with E-state index < -0.39 is 12.1 Å². The monoisotopic (exact) mass is 344 g/mol. The molecule has 136 valence electrons. The number of aliphatic hydroxyl groups is 1. The normalized spacial score (nSPS) is 24.6. The molecule has 1 aliphatic heterocycles. The molecule has 5 heteroatoms. The number of nitrogens with one attached hydrogen (secondary N) is 1. The van der Waals surface area contributed by atoms with Gasteiger partial charge in [-0.05, 0) is 30.7 Å². The van der Waals surface area contributed by atoms with Crippen molar-refractivity contribution in [2.75, 3.05) is 13.1 Å². The lowest BCUT2D eigenvalue weighted by Crippen LogP contribution is -2.53. The molecule has 3 atom stereocenters. The van der Waals surface area contributed by atoms with E-state index in [0.717, 1.165) is 12.8 Å². The van der Waals surface area contributed by atoms with Crippen molar-refractivity contribution in [3.05, 3.63) is 35.9 Å². The zero-order valence-corrected chi connectivity index (χ0v) is 15.2. The van der Waals surface area contributed by atoms with Crippen LogP contribution in [0.1, 0.15) is 45.1 Å². The lowest BCUT2D eigenvalue weighted by molar-refractivity contribution is -0.139. The lowest BCUT2D eigenvalue weighted by Gasteiger charge is -2.27. The third-order valence-electron chi connectivity index (χ3n) is 5.45. The van der Waals surface area contributed by atoms with E-state index in [0.29, 0.717) is 13.1 Å². The second kappa shape index (κ2) is 6.79. The van der Waals surface area contributed by atoms with Crippen molar-refractivity contribution in [1.82, 2.24) is 10.2 Å². The van der Waals surface area contributed by atoms with Crippen LogP contribution in [-0.4, -0.2) is 47.1 Å². The highest BCUT2D eigenvalue weighted by Gasteiger charge is 2.44. The summed E-state index contributed by atoms with van der Waals surface area (Å²) in [7, 11) is 0. The molecule has 3 rings (SSSR count). The Labute approximate surface area is 149 Å². The second-order valence-corrected chi connectivity index (χ2v) is 8.17. The molecule has 0 aromatic heterocycles. The molecule has 0 radical (unpaired) electrons. The van der Waals surface area contributed by atoms with Gasteiger partial charge in [0.05, 0.1) is 6.10 Å². The maximum absolute atomic E-state index is 13.0. The second-order valence-electron chi connectivity index (χ2n) is 8.17. The molecule has 2 amide bonds. The predicted octanol–water partition coefficient (Wildman–Crippen LogP) is 1.91. The van der Waals surface area contributed by atoms with Crippen LogP contribution in [0.4, 0.5) is 0 Å². The number of carbonyl (C=O) groups excluding carboxylic acids is 2. The van der Waals surface area contributed by atoms with Crippen molar-refractivity contribution in [3.8, 4) is 0 Å². The van der Waals surface area contributed by atoms with Crippen molar-refractivity contribution < 1.29 is 14.7 Å². The molecule has 2 N–H and O–H groups in total. The molecular formula is C20H28N2O3. The zero-order valence-electron chi connectivity index (χ0n) is 15.2. The van der Waals surface area contributed by atoms with Crippen molar-refractivity contribution in [2.45, 2.75) is 51.7 Å². The van der Waals surface area contributed by atoms with Crippen molar-refractivity contribution in [1.29, 1.82) is 0 Å². The van der Waals surface area contributed by atoms with E-state index in [-0.39, 0.29) is 29.1 Å². The minimum absolute atomic E-state index is 0.0149. The highest BCUT2D eigenvalue weighted by atomic mass is 16.3. The van der Waals surface area contributed by atoms with E-state index >= 15 is 0 Å². The van der Waals surface area contributed by atoms with Gasteiger partial charge in [-0.15, -0.1) is 0 Å². The molecule has 1 heterocycles. The van der Waals surface area contributed by atoms with Gasteiger partial charge in [-0.25, -0.2) is 0 Å². The maximum atomic E-state index is 13.0. The molecule has 1 aliphatic carbocycles. The number of amides is 2. The number of hydrogen-bond donors (Lipinski definition) is 2. The summed E-state index contributed by atoms with van der Waals surface area (Å²) in [5.41, 5.74) is 1.17. The van der Waals surface area contributed by atoms with Gasteiger partial charge in [-0.1, -0.05) is 44.2 Å². The van der Waals surface area contributed by atoms with E-state index in [9.17, 15) is 14.7 Å². The molecule has 0 unspecified atom stereocenters. The van der Waals surface area contributed by atoms with Crippen LogP contribution in [0, 0.1) is 11.3 Å². The van der Waals surface area contributed by atoms with Gasteiger partial charge in [0, 0.05) is 24.9 Å². The van der Waals surface area contributed by atoms with Crippen molar-refractivity contribution >= 4 is 11.8 Å². The summed E-state index contributed by atoms with van der Waals surface area (Å²) < 4.78 is 0. The van der Waals surface area contributed by atoms with Crippen LogP contribution in [0.15, 0.2) is 30.3 Å². The van der Waals surface area contributed by atoms with Crippen LogP contribution in [0.2, 0.25) is 0 Å². The number of carbonyl (C=O) groups is 2. The van der Waals surface area contributed by atoms with Gasteiger partial charge in [-0.2, -0.15) is 0 Å². The summed E-state index contributed by atoms with van der Waals surface area (Å²) >= 11 is 0. The summed E-state index contributed by atoms with van der Waals surface area (Å²) in [4.78, 5) is 26.8. The molecule has 1 aromatic rings. The quantitative estimate of drug-likeness (QED) is 0.857. The highest BCUT2D eigenvalue weighted by molar-refractivity contribution is 5.90. The zero-order chi connectivity index (χ0) is 18.2. The third-order valence-corrected chi connectivity index (χ3v) is 5.45. The molecular weight excluding hydrogens is 316 g/mol. The number of hydrogen-bond acceptors (Lipinski definition) is 3. The van der Waals surface area contributed by atoms with Gasteiger partial charge < -0.3 is 15.3 Å². The predicted molar refractivity (Wildman–Crippen MR) is 95.9 cm³/mol. The van der Waals surface area contributed by atoms with Crippen LogP contribution in [0.5, 0.6) is 0 Å². The Kier molecular flexibility index (Phi) is 4.87. The number of nitrogens with zero attached hydrogens (tertiary/aromatic N) is 1. The molecule has 1 aromatic carbocycles. The molecule has 25 heavy (non-hydrogen) atoms.